The fourth-order valence-electron chi connectivity index (χ4n) is 1.74. The summed E-state index contributed by atoms with van der Waals surface area (Å²) in [6.45, 7) is 1.76. The molecule has 2 aromatic rings. The predicted molar refractivity (Wildman–Crippen MR) is 65.0 cm³/mol. The van der Waals surface area contributed by atoms with Gasteiger partial charge in [0.15, 0.2) is 11.5 Å². The molecule has 0 spiro atoms. The van der Waals surface area contributed by atoms with Gasteiger partial charge in [-0.25, -0.2) is 4.98 Å². The van der Waals surface area contributed by atoms with Gasteiger partial charge >= 0.3 is 0 Å². The largest absolute Gasteiger partial charge is 0.441 e. The summed E-state index contributed by atoms with van der Waals surface area (Å²) >= 11 is 5.53. The molecule has 2 N–H and O–H groups in total. The summed E-state index contributed by atoms with van der Waals surface area (Å²) in [6.07, 6.45) is -1.47. The van der Waals surface area contributed by atoms with Gasteiger partial charge in [-0.05, 0) is 24.1 Å². The summed E-state index contributed by atoms with van der Waals surface area (Å²) in [4.78, 5) is 4.18. The minimum absolute atomic E-state index is 0.309. The van der Waals surface area contributed by atoms with E-state index in [0.29, 0.717) is 34.9 Å². The number of halogens is 1. The minimum atomic E-state index is -0.949. The average molecular weight is 256 g/mol. The second kappa shape index (κ2) is 5.04. The van der Waals surface area contributed by atoms with Crippen LogP contribution in [0.3, 0.4) is 0 Å². The molecule has 0 aliphatic carbocycles. The number of fused-ring (bicyclic) bond motifs is 1. The van der Waals surface area contributed by atoms with Gasteiger partial charge in [-0.1, -0.05) is 6.07 Å². The zero-order valence-electron chi connectivity index (χ0n) is 9.43. The number of aromatic nitrogens is 1. The second-order valence-electron chi connectivity index (χ2n) is 3.95. The summed E-state index contributed by atoms with van der Waals surface area (Å²) in [6, 6.07) is 5.17. The van der Waals surface area contributed by atoms with Gasteiger partial charge < -0.3 is 14.6 Å². The van der Waals surface area contributed by atoms with E-state index in [1.54, 1.807) is 25.1 Å². The van der Waals surface area contributed by atoms with Crippen molar-refractivity contribution in [3.05, 3.63) is 29.7 Å². The Morgan fingerprint density at radius 1 is 1.41 bits per heavy atom. The molecule has 5 heteroatoms. The van der Waals surface area contributed by atoms with E-state index in [1.807, 2.05) is 0 Å². The van der Waals surface area contributed by atoms with Gasteiger partial charge in [-0.15, -0.1) is 11.6 Å². The van der Waals surface area contributed by atoms with E-state index in [4.69, 9.17) is 16.0 Å². The molecule has 1 heterocycles. The van der Waals surface area contributed by atoms with Crippen LogP contribution in [-0.4, -0.2) is 27.2 Å². The molecule has 1 aromatic carbocycles. The van der Waals surface area contributed by atoms with E-state index in [-0.39, 0.29) is 0 Å². The first-order chi connectivity index (χ1) is 8.11. The predicted octanol–water partition coefficient (Wildman–Crippen LogP) is 2.16. The summed E-state index contributed by atoms with van der Waals surface area (Å²) in [5.41, 5.74) is 1.96. The van der Waals surface area contributed by atoms with E-state index in [9.17, 15) is 10.2 Å². The van der Waals surface area contributed by atoms with Crippen LogP contribution in [0.15, 0.2) is 22.6 Å². The smallest absolute Gasteiger partial charge is 0.192 e. The Morgan fingerprint density at radius 2 is 2.18 bits per heavy atom. The number of hydrogen-bond acceptors (Lipinski definition) is 4. The van der Waals surface area contributed by atoms with Gasteiger partial charge in [0.2, 0.25) is 0 Å². The van der Waals surface area contributed by atoms with Crippen molar-refractivity contribution in [2.75, 3.05) is 5.88 Å². The van der Waals surface area contributed by atoms with E-state index in [1.165, 1.54) is 0 Å². The highest BCUT2D eigenvalue weighted by atomic mass is 35.5. The van der Waals surface area contributed by atoms with Gasteiger partial charge in [0, 0.05) is 12.8 Å². The number of aliphatic hydroxyl groups excluding tert-OH is 2. The number of oxazole rings is 1. The molecule has 2 atom stereocenters. The van der Waals surface area contributed by atoms with Crippen molar-refractivity contribution in [1.29, 1.82) is 0 Å². The van der Waals surface area contributed by atoms with Gasteiger partial charge in [0.05, 0.1) is 6.10 Å². The third kappa shape index (κ3) is 2.60. The fraction of sp³-hybridized carbons (Fsp3) is 0.417. The van der Waals surface area contributed by atoms with Crippen molar-refractivity contribution in [2.24, 2.45) is 0 Å². The zero-order chi connectivity index (χ0) is 12.4. The third-order valence-electron chi connectivity index (χ3n) is 2.63. The molecule has 2 unspecified atom stereocenters. The molecular weight excluding hydrogens is 242 g/mol. The molecule has 0 aliphatic rings. The Kier molecular flexibility index (Phi) is 3.66. The highest BCUT2D eigenvalue weighted by Gasteiger charge is 2.18. The molecule has 1 aromatic heterocycles. The van der Waals surface area contributed by atoms with Crippen molar-refractivity contribution >= 4 is 22.7 Å². The van der Waals surface area contributed by atoms with Crippen LogP contribution in [0.1, 0.15) is 24.0 Å². The van der Waals surface area contributed by atoms with E-state index in [2.05, 4.69) is 4.98 Å². The van der Waals surface area contributed by atoms with Crippen molar-refractivity contribution in [2.45, 2.75) is 25.6 Å². The first-order valence-electron chi connectivity index (χ1n) is 5.41. The molecule has 92 valence electrons. The molecule has 0 aliphatic heterocycles. The monoisotopic (exact) mass is 255 g/mol. The molecule has 4 nitrogen and oxygen atoms in total. The molecule has 0 saturated heterocycles. The lowest BCUT2D eigenvalue weighted by molar-refractivity contribution is 0.0170. The summed E-state index contributed by atoms with van der Waals surface area (Å²) in [5, 5.41) is 19.6. The van der Waals surface area contributed by atoms with Crippen molar-refractivity contribution in [1.82, 2.24) is 4.98 Å². The molecular formula is C12H14ClNO3. The second-order valence-corrected chi connectivity index (χ2v) is 4.33. The van der Waals surface area contributed by atoms with Gasteiger partial charge in [-0.2, -0.15) is 0 Å². The van der Waals surface area contributed by atoms with Gasteiger partial charge in [0.1, 0.15) is 11.6 Å². The summed E-state index contributed by atoms with van der Waals surface area (Å²) in [5.74, 6) is 0.886. The Balaban J connectivity index is 2.28. The molecule has 0 amide bonds. The molecule has 17 heavy (non-hydrogen) atoms. The van der Waals surface area contributed by atoms with Crippen molar-refractivity contribution in [3.8, 4) is 0 Å². The Labute approximate surface area is 104 Å². The van der Waals surface area contributed by atoms with Gasteiger partial charge in [0.25, 0.3) is 0 Å². The maximum atomic E-state index is 9.92. The third-order valence-corrected chi connectivity index (χ3v) is 2.85. The first kappa shape index (κ1) is 12.4. The number of benzene rings is 1. The van der Waals surface area contributed by atoms with E-state index < -0.39 is 12.2 Å². The minimum Gasteiger partial charge on any atom is -0.441 e. The van der Waals surface area contributed by atoms with E-state index in [0.717, 1.165) is 0 Å². The quantitative estimate of drug-likeness (QED) is 0.822. The maximum Gasteiger partial charge on any atom is 0.192 e. The lowest BCUT2D eigenvalue weighted by Crippen LogP contribution is -2.18. The van der Waals surface area contributed by atoms with Crippen LogP contribution in [-0.2, 0) is 0 Å². The van der Waals surface area contributed by atoms with Crippen LogP contribution in [0.4, 0.5) is 0 Å². The highest BCUT2D eigenvalue weighted by molar-refractivity contribution is 6.17. The standard InChI is InChI=1S/C12H14ClNO3/c1-7-14-9-6-8(2-3-11(9)17-7)12(16)10(15)4-5-13/h2-3,6,10,12,15-16H,4-5H2,1H3. The Bertz CT molecular complexity index is 511. The van der Waals surface area contributed by atoms with Crippen molar-refractivity contribution in [3.63, 3.8) is 0 Å². The van der Waals surface area contributed by atoms with Crippen LogP contribution in [0.5, 0.6) is 0 Å². The fourth-order valence-corrected chi connectivity index (χ4v) is 1.96. The number of aryl methyl sites for hydroxylation is 1. The lowest BCUT2D eigenvalue weighted by atomic mass is 10.0. The molecule has 2 rings (SSSR count). The van der Waals surface area contributed by atoms with Crippen LogP contribution in [0.25, 0.3) is 11.1 Å². The number of aliphatic hydroxyl groups is 2. The van der Waals surface area contributed by atoms with Crippen LogP contribution < -0.4 is 0 Å². The van der Waals surface area contributed by atoms with Crippen LogP contribution in [0.2, 0.25) is 0 Å². The van der Waals surface area contributed by atoms with Crippen LogP contribution >= 0.6 is 11.6 Å². The SMILES string of the molecule is Cc1nc2cc(C(O)C(O)CCCl)ccc2o1. The van der Waals surface area contributed by atoms with Crippen LogP contribution in [0, 0.1) is 6.92 Å². The molecule has 0 fully saturated rings. The number of nitrogens with zero attached hydrogens (tertiary/aromatic N) is 1. The van der Waals surface area contributed by atoms with Crippen molar-refractivity contribution < 1.29 is 14.6 Å². The highest BCUT2D eigenvalue weighted by Crippen LogP contribution is 2.24. The first-order valence-corrected chi connectivity index (χ1v) is 5.94. The summed E-state index contributed by atoms with van der Waals surface area (Å²) in [7, 11) is 0. The number of rotatable bonds is 4. The normalized spacial score (nSPS) is 15.1. The Hall–Kier alpha value is -1.10. The topological polar surface area (TPSA) is 66.5 Å². The lowest BCUT2D eigenvalue weighted by Gasteiger charge is -2.16. The molecule has 0 bridgehead atoms. The number of hydrogen-bond donors (Lipinski definition) is 2. The number of alkyl halides is 1. The average Bonchev–Trinajstić information content (AvgIpc) is 2.67. The molecule has 0 saturated carbocycles. The molecule has 0 radical (unpaired) electrons. The van der Waals surface area contributed by atoms with Gasteiger partial charge in [-0.3, -0.25) is 0 Å². The zero-order valence-corrected chi connectivity index (χ0v) is 10.2. The maximum absolute atomic E-state index is 9.92. The van der Waals surface area contributed by atoms with E-state index >= 15 is 0 Å². The Morgan fingerprint density at radius 3 is 2.88 bits per heavy atom. The summed E-state index contributed by atoms with van der Waals surface area (Å²) < 4.78 is 5.33.